The van der Waals surface area contributed by atoms with Crippen LogP contribution in [0, 0.1) is 6.92 Å². The standard InChI is InChI=1S/C17H23N3/c1-14-13-19(2)17(18-14)16-9-6-11-20(16)12-10-15-7-4-3-5-8-15/h3-5,7-8,13,16H,6,9-12H2,1-2H3/t16-/m0/s1. The summed E-state index contributed by atoms with van der Waals surface area (Å²) in [5.41, 5.74) is 2.55. The van der Waals surface area contributed by atoms with Crippen molar-refractivity contribution in [3.63, 3.8) is 0 Å². The van der Waals surface area contributed by atoms with E-state index in [0.29, 0.717) is 6.04 Å². The largest absolute Gasteiger partial charge is 0.336 e. The highest BCUT2D eigenvalue weighted by Crippen LogP contribution is 2.31. The fourth-order valence-corrected chi connectivity index (χ4v) is 3.25. The van der Waals surface area contributed by atoms with Gasteiger partial charge in [0.15, 0.2) is 0 Å². The van der Waals surface area contributed by atoms with Crippen molar-refractivity contribution in [1.29, 1.82) is 0 Å². The molecule has 3 heteroatoms. The van der Waals surface area contributed by atoms with Gasteiger partial charge in [-0.15, -0.1) is 0 Å². The zero-order valence-corrected chi connectivity index (χ0v) is 12.4. The second kappa shape index (κ2) is 5.80. The van der Waals surface area contributed by atoms with Crippen LogP contribution in [0.2, 0.25) is 0 Å². The summed E-state index contributed by atoms with van der Waals surface area (Å²) >= 11 is 0. The Labute approximate surface area is 121 Å². The highest BCUT2D eigenvalue weighted by Gasteiger charge is 2.28. The minimum atomic E-state index is 0.498. The van der Waals surface area contributed by atoms with Crippen molar-refractivity contribution in [2.24, 2.45) is 7.05 Å². The molecule has 0 radical (unpaired) electrons. The highest BCUT2D eigenvalue weighted by atomic mass is 15.2. The van der Waals surface area contributed by atoms with Crippen LogP contribution in [0.3, 0.4) is 0 Å². The molecule has 3 nitrogen and oxygen atoms in total. The van der Waals surface area contributed by atoms with E-state index >= 15 is 0 Å². The average Bonchev–Trinajstić information content (AvgIpc) is 3.03. The van der Waals surface area contributed by atoms with Crippen LogP contribution in [0.1, 0.15) is 36.0 Å². The number of nitrogens with zero attached hydrogens (tertiary/aromatic N) is 3. The van der Waals surface area contributed by atoms with E-state index in [9.17, 15) is 0 Å². The SMILES string of the molecule is Cc1cn(C)c([C@@H]2CCCN2CCc2ccccc2)n1. The first-order chi connectivity index (χ1) is 9.74. The molecule has 0 saturated carbocycles. The van der Waals surface area contributed by atoms with Gasteiger partial charge >= 0.3 is 0 Å². The zero-order chi connectivity index (χ0) is 13.9. The average molecular weight is 269 g/mol. The van der Waals surface area contributed by atoms with E-state index in [1.807, 2.05) is 0 Å². The molecule has 0 unspecified atom stereocenters. The first-order valence-electron chi connectivity index (χ1n) is 7.52. The lowest BCUT2D eigenvalue weighted by Crippen LogP contribution is -2.27. The van der Waals surface area contributed by atoms with E-state index in [-0.39, 0.29) is 0 Å². The van der Waals surface area contributed by atoms with E-state index < -0.39 is 0 Å². The van der Waals surface area contributed by atoms with Gasteiger partial charge < -0.3 is 4.57 Å². The summed E-state index contributed by atoms with van der Waals surface area (Å²) < 4.78 is 2.20. The van der Waals surface area contributed by atoms with Gasteiger partial charge in [0.05, 0.1) is 11.7 Å². The molecule has 1 aliphatic heterocycles. The number of aromatic nitrogens is 2. The van der Waals surface area contributed by atoms with Crippen molar-refractivity contribution < 1.29 is 0 Å². The lowest BCUT2D eigenvalue weighted by molar-refractivity contribution is 0.248. The molecule has 2 heterocycles. The summed E-state index contributed by atoms with van der Waals surface area (Å²) in [4.78, 5) is 7.31. The van der Waals surface area contributed by atoms with E-state index in [2.05, 4.69) is 60.0 Å². The molecular formula is C17H23N3. The second-order valence-electron chi connectivity index (χ2n) is 5.78. The fourth-order valence-electron chi connectivity index (χ4n) is 3.25. The predicted molar refractivity (Wildman–Crippen MR) is 81.6 cm³/mol. The summed E-state index contributed by atoms with van der Waals surface area (Å²) in [7, 11) is 2.11. The Morgan fingerprint density at radius 3 is 2.75 bits per heavy atom. The van der Waals surface area contributed by atoms with Crippen molar-refractivity contribution in [3.05, 3.63) is 53.6 Å². The molecule has 1 fully saturated rings. The molecular weight excluding hydrogens is 246 g/mol. The number of imidazole rings is 1. The van der Waals surface area contributed by atoms with Gasteiger partial charge in [-0.25, -0.2) is 4.98 Å². The molecule has 0 N–H and O–H groups in total. The summed E-state index contributed by atoms with van der Waals surface area (Å²) in [6, 6.07) is 11.3. The van der Waals surface area contributed by atoms with Gasteiger partial charge in [0.1, 0.15) is 5.82 Å². The van der Waals surface area contributed by atoms with Gasteiger partial charge in [-0.2, -0.15) is 0 Å². The van der Waals surface area contributed by atoms with E-state index in [1.54, 1.807) is 0 Å². The third kappa shape index (κ3) is 2.78. The first kappa shape index (κ1) is 13.4. The van der Waals surface area contributed by atoms with Crippen LogP contribution < -0.4 is 0 Å². The normalized spacial score (nSPS) is 19.6. The monoisotopic (exact) mass is 269 g/mol. The molecule has 3 rings (SSSR count). The molecule has 0 bridgehead atoms. The molecule has 0 aliphatic carbocycles. The molecule has 1 saturated heterocycles. The molecule has 1 aromatic carbocycles. The Bertz CT molecular complexity index is 559. The van der Waals surface area contributed by atoms with Crippen LogP contribution in [0.25, 0.3) is 0 Å². The summed E-state index contributed by atoms with van der Waals surface area (Å²) in [6.45, 7) is 4.40. The topological polar surface area (TPSA) is 21.1 Å². The van der Waals surface area contributed by atoms with Crippen molar-refractivity contribution in [3.8, 4) is 0 Å². The fraction of sp³-hybridized carbons (Fsp3) is 0.471. The molecule has 1 aliphatic rings. The second-order valence-corrected chi connectivity index (χ2v) is 5.78. The molecule has 0 amide bonds. The van der Waals surface area contributed by atoms with Crippen LogP contribution >= 0.6 is 0 Å². The maximum atomic E-state index is 4.72. The highest BCUT2D eigenvalue weighted by molar-refractivity contribution is 5.15. The van der Waals surface area contributed by atoms with E-state index in [0.717, 1.165) is 18.7 Å². The third-order valence-corrected chi connectivity index (χ3v) is 4.22. The number of benzene rings is 1. The van der Waals surface area contributed by atoms with Crippen molar-refractivity contribution in [2.45, 2.75) is 32.2 Å². The summed E-state index contributed by atoms with van der Waals surface area (Å²) in [5.74, 6) is 1.23. The quantitative estimate of drug-likeness (QED) is 0.850. The van der Waals surface area contributed by atoms with Gasteiger partial charge in [0.2, 0.25) is 0 Å². The maximum Gasteiger partial charge on any atom is 0.126 e. The lowest BCUT2D eigenvalue weighted by Gasteiger charge is -2.24. The van der Waals surface area contributed by atoms with E-state index in [1.165, 1.54) is 30.8 Å². The van der Waals surface area contributed by atoms with Gasteiger partial charge in [0, 0.05) is 19.8 Å². The number of aryl methyl sites for hydroxylation is 2. The molecule has 20 heavy (non-hydrogen) atoms. The molecule has 0 spiro atoms. The first-order valence-corrected chi connectivity index (χ1v) is 7.52. The minimum Gasteiger partial charge on any atom is -0.336 e. The summed E-state index contributed by atoms with van der Waals surface area (Å²) in [5, 5.41) is 0. The molecule has 106 valence electrons. The van der Waals surface area contributed by atoms with Crippen LogP contribution in [0.5, 0.6) is 0 Å². The zero-order valence-electron chi connectivity index (χ0n) is 12.4. The Kier molecular flexibility index (Phi) is 3.88. The van der Waals surface area contributed by atoms with Crippen LogP contribution in [-0.4, -0.2) is 27.5 Å². The Morgan fingerprint density at radius 1 is 1.25 bits per heavy atom. The van der Waals surface area contributed by atoms with Gasteiger partial charge in [0.25, 0.3) is 0 Å². The Balaban J connectivity index is 1.68. The summed E-state index contributed by atoms with van der Waals surface area (Å²) in [6.07, 6.45) is 5.77. The van der Waals surface area contributed by atoms with Crippen LogP contribution in [0.15, 0.2) is 36.5 Å². The van der Waals surface area contributed by atoms with Crippen molar-refractivity contribution >= 4 is 0 Å². The Morgan fingerprint density at radius 2 is 2.05 bits per heavy atom. The smallest absolute Gasteiger partial charge is 0.126 e. The molecule has 1 aromatic heterocycles. The maximum absolute atomic E-state index is 4.72. The Hall–Kier alpha value is -1.61. The molecule has 2 aromatic rings. The number of rotatable bonds is 4. The van der Waals surface area contributed by atoms with Gasteiger partial charge in [-0.05, 0) is 38.3 Å². The number of likely N-dealkylation sites (tertiary alicyclic amines) is 1. The lowest BCUT2D eigenvalue weighted by atomic mass is 10.1. The third-order valence-electron chi connectivity index (χ3n) is 4.22. The van der Waals surface area contributed by atoms with Crippen molar-refractivity contribution in [1.82, 2.24) is 14.5 Å². The van der Waals surface area contributed by atoms with Gasteiger partial charge in [-0.1, -0.05) is 30.3 Å². The van der Waals surface area contributed by atoms with Crippen molar-refractivity contribution in [2.75, 3.05) is 13.1 Å². The molecule has 1 atom stereocenters. The predicted octanol–water partition coefficient (Wildman–Crippen LogP) is 3.11. The minimum absolute atomic E-state index is 0.498. The van der Waals surface area contributed by atoms with Crippen LogP contribution in [-0.2, 0) is 13.5 Å². The number of hydrogen-bond donors (Lipinski definition) is 0. The van der Waals surface area contributed by atoms with Crippen LogP contribution in [0.4, 0.5) is 0 Å². The van der Waals surface area contributed by atoms with Gasteiger partial charge in [-0.3, -0.25) is 4.90 Å². The number of hydrogen-bond acceptors (Lipinski definition) is 2. The van der Waals surface area contributed by atoms with E-state index in [4.69, 9.17) is 4.98 Å².